The van der Waals surface area contributed by atoms with E-state index < -0.39 is 12.0 Å². The molecule has 3 aromatic rings. The van der Waals surface area contributed by atoms with E-state index in [9.17, 15) is 10.1 Å². The zero-order valence-corrected chi connectivity index (χ0v) is 11.8. The molecule has 2 aromatic heterocycles. The molecule has 0 aliphatic heterocycles. The third-order valence-corrected chi connectivity index (χ3v) is 3.38. The molecule has 0 aliphatic carbocycles. The number of nitrogens with zero attached hydrogens (tertiary/aromatic N) is 3. The van der Waals surface area contributed by atoms with Crippen LogP contribution in [0.5, 0.6) is 0 Å². The number of anilines is 1. The predicted molar refractivity (Wildman–Crippen MR) is 84.1 cm³/mol. The van der Waals surface area contributed by atoms with Gasteiger partial charge in [-0.1, -0.05) is 24.3 Å². The molecule has 2 heterocycles. The van der Waals surface area contributed by atoms with Gasteiger partial charge in [-0.25, -0.2) is 9.97 Å². The summed E-state index contributed by atoms with van der Waals surface area (Å²) in [5.41, 5.74) is 1.89. The third kappa shape index (κ3) is 2.98. The number of H-pyrrole nitrogens is 1. The molecule has 0 bridgehead atoms. The maximum atomic E-state index is 10.9. The van der Waals surface area contributed by atoms with Crippen molar-refractivity contribution in [3.05, 3.63) is 52.5 Å². The Kier molecular flexibility index (Phi) is 3.92. The minimum Gasteiger partial charge on any atom is -0.423 e. The van der Waals surface area contributed by atoms with E-state index in [4.69, 9.17) is 10.0 Å². The summed E-state index contributed by atoms with van der Waals surface area (Å²) in [6.45, 7) is 0.417. The van der Waals surface area contributed by atoms with Gasteiger partial charge in [-0.3, -0.25) is 10.1 Å². The van der Waals surface area contributed by atoms with E-state index in [1.54, 1.807) is 24.3 Å². The zero-order valence-electron chi connectivity index (χ0n) is 11.8. The second-order valence-electron chi connectivity index (χ2n) is 4.85. The van der Waals surface area contributed by atoms with Crippen molar-refractivity contribution in [2.24, 2.45) is 0 Å². The highest BCUT2D eigenvalue weighted by atomic mass is 16.6. The van der Waals surface area contributed by atoms with Crippen LogP contribution in [-0.2, 0) is 6.54 Å². The monoisotopic (exact) mass is 313 g/mol. The lowest BCUT2D eigenvalue weighted by Gasteiger charge is -2.07. The van der Waals surface area contributed by atoms with Crippen molar-refractivity contribution in [1.82, 2.24) is 15.0 Å². The average Bonchev–Trinajstić information content (AvgIpc) is 2.98. The summed E-state index contributed by atoms with van der Waals surface area (Å²) in [7, 11) is -1.50. The number of hydrogen-bond donors (Lipinski definition) is 4. The van der Waals surface area contributed by atoms with Crippen molar-refractivity contribution >= 4 is 35.1 Å². The molecular weight excluding hydrogens is 301 g/mol. The van der Waals surface area contributed by atoms with Crippen molar-refractivity contribution in [2.45, 2.75) is 6.54 Å². The topological polar surface area (TPSA) is 137 Å². The molecule has 10 heteroatoms. The number of rotatable bonds is 5. The Morgan fingerprint density at radius 3 is 2.65 bits per heavy atom. The molecule has 3 rings (SSSR count). The van der Waals surface area contributed by atoms with Gasteiger partial charge in [0.1, 0.15) is 11.8 Å². The highest BCUT2D eigenvalue weighted by molar-refractivity contribution is 6.58. The summed E-state index contributed by atoms with van der Waals surface area (Å²) < 4.78 is 0. The van der Waals surface area contributed by atoms with Gasteiger partial charge in [0.25, 0.3) is 0 Å². The Bertz CT molecular complexity index is 849. The molecule has 1 aromatic carbocycles. The van der Waals surface area contributed by atoms with Crippen LogP contribution >= 0.6 is 0 Å². The summed E-state index contributed by atoms with van der Waals surface area (Å²) in [6, 6.07) is 6.71. The predicted octanol–water partition coefficient (Wildman–Crippen LogP) is 0.158. The lowest BCUT2D eigenvalue weighted by Crippen LogP contribution is -2.29. The molecule has 0 unspecified atom stereocenters. The second kappa shape index (κ2) is 6.03. The number of benzene rings is 1. The van der Waals surface area contributed by atoms with Crippen molar-refractivity contribution in [2.75, 3.05) is 5.32 Å². The van der Waals surface area contributed by atoms with Gasteiger partial charge >= 0.3 is 12.8 Å². The average molecular weight is 313 g/mol. The van der Waals surface area contributed by atoms with Gasteiger partial charge in [0.15, 0.2) is 11.3 Å². The Balaban J connectivity index is 1.80. The van der Waals surface area contributed by atoms with E-state index in [0.717, 1.165) is 5.56 Å². The first kappa shape index (κ1) is 14.9. The maximum Gasteiger partial charge on any atom is 0.488 e. The van der Waals surface area contributed by atoms with Crippen LogP contribution in [0.1, 0.15) is 5.56 Å². The number of hydrogen-bond acceptors (Lipinski definition) is 7. The maximum absolute atomic E-state index is 10.9. The van der Waals surface area contributed by atoms with Crippen LogP contribution in [0, 0.1) is 10.1 Å². The summed E-state index contributed by atoms with van der Waals surface area (Å²) >= 11 is 0. The minimum atomic E-state index is -1.50. The Morgan fingerprint density at radius 2 is 2.00 bits per heavy atom. The van der Waals surface area contributed by atoms with E-state index in [2.05, 4.69) is 20.3 Å². The van der Waals surface area contributed by atoms with Crippen molar-refractivity contribution in [3.8, 4) is 0 Å². The molecule has 0 radical (unpaired) electrons. The highest BCUT2D eigenvalue weighted by Gasteiger charge is 2.18. The molecule has 0 fully saturated rings. The number of fused-ring (bicyclic) bond motifs is 1. The van der Waals surface area contributed by atoms with Crippen LogP contribution in [0.25, 0.3) is 11.0 Å². The Labute approximate surface area is 130 Å². The fourth-order valence-corrected chi connectivity index (χ4v) is 2.19. The molecule has 0 amide bonds. The van der Waals surface area contributed by atoms with Gasteiger partial charge in [-0.2, -0.15) is 0 Å². The standard InChI is InChI=1S/C13H12BN5O4/c20-14(21)9-3-1-8(2-4-9)5-16-13-12-11(17-7-18-13)10(6-15-12)19(22)23/h1-4,6-7,15,20-21H,5H2,(H,16,17,18). The van der Waals surface area contributed by atoms with Crippen LogP contribution < -0.4 is 10.8 Å². The van der Waals surface area contributed by atoms with E-state index in [1.807, 2.05) is 0 Å². The molecule has 23 heavy (non-hydrogen) atoms. The molecule has 0 atom stereocenters. The highest BCUT2D eigenvalue weighted by Crippen LogP contribution is 2.26. The van der Waals surface area contributed by atoms with Crippen LogP contribution in [-0.4, -0.2) is 37.0 Å². The number of nitro groups is 1. The lowest BCUT2D eigenvalue weighted by molar-refractivity contribution is -0.383. The van der Waals surface area contributed by atoms with Gasteiger partial charge in [-0.05, 0) is 11.0 Å². The molecular formula is C13H12BN5O4. The van der Waals surface area contributed by atoms with Crippen molar-refractivity contribution < 1.29 is 15.0 Å². The molecule has 0 saturated heterocycles. The van der Waals surface area contributed by atoms with Gasteiger partial charge in [0.05, 0.1) is 11.1 Å². The SMILES string of the molecule is O=[N+]([O-])c1c[nH]c2c(NCc3ccc(B(O)O)cc3)ncnc12. The first-order chi connectivity index (χ1) is 11.1. The van der Waals surface area contributed by atoms with Crippen LogP contribution in [0.4, 0.5) is 11.5 Å². The van der Waals surface area contributed by atoms with E-state index in [0.29, 0.717) is 23.3 Å². The number of nitrogens with one attached hydrogen (secondary N) is 2. The first-order valence-electron chi connectivity index (χ1n) is 6.71. The Hall–Kier alpha value is -2.98. The molecule has 4 N–H and O–H groups in total. The smallest absolute Gasteiger partial charge is 0.423 e. The largest absolute Gasteiger partial charge is 0.488 e. The van der Waals surface area contributed by atoms with Gasteiger partial charge < -0.3 is 20.3 Å². The third-order valence-electron chi connectivity index (χ3n) is 3.38. The lowest BCUT2D eigenvalue weighted by atomic mass is 9.80. The minimum absolute atomic E-state index is 0.105. The van der Waals surface area contributed by atoms with Gasteiger partial charge in [0, 0.05) is 6.54 Å². The Morgan fingerprint density at radius 1 is 1.26 bits per heavy atom. The fraction of sp³-hybridized carbons (Fsp3) is 0.0769. The molecule has 116 valence electrons. The normalized spacial score (nSPS) is 10.7. The molecule has 0 aliphatic rings. The summed E-state index contributed by atoms with van der Waals surface area (Å²) in [4.78, 5) is 21.2. The van der Waals surface area contributed by atoms with Gasteiger partial charge in [-0.15, -0.1) is 0 Å². The summed E-state index contributed by atoms with van der Waals surface area (Å²) in [5.74, 6) is 0.453. The molecule has 9 nitrogen and oxygen atoms in total. The number of aromatic amines is 1. The van der Waals surface area contributed by atoms with Gasteiger partial charge in [0.2, 0.25) is 0 Å². The molecule has 0 saturated carbocycles. The van der Waals surface area contributed by atoms with Crippen LogP contribution in [0.2, 0.25) is 0 Å². The quantitative estimate of drug-likeness (QED) is 0.299. The van der Waals surface area contributed by atoms with Crippen LogP contribution in [0.15, 0.2) is 36.8 Å². The molecule has 0 spiro atoms. The first-order valence-corrected chi connectivity index (χ1v) is 6.71. The van der Waals surface area contributed by atoms with Crippen molar-refractivity contribution in [1.29, 1.82) is 0 Å². The second-order valence-corrected chi connectivity index (χ2v) is 4.85. The van der Waals surface area contributed by atoms with Crippen molar-refractivity contribution in [3.63, 3.8) is 0 Å². The van der Waals surface area contributed by atoms with E-state index in [-0.39, 0.29) is 11.2 Å². The fourth-order valence-electron chi connectivity index (χ4n) is 2.19. The number of aromatic nitrogens is 3. The van der Waals surface area contributed by atoms with E-state index >= 15 is 0 Å². The zero-order chi connectivity index (χ0) is 16.4. The van der Waals surface area contributed by atoms with E-state index in [1.165, 1.54) is 12.5 Å². The summed E-state index contributed by atoms with van der Waals surface area (Å²) in [6.07, 6.45) is 2.54. The van der Waals surface area contributed by atoms with Crippen LogP contribution in [0.3, 0.4) is 0 Å². The summed E-state index contributed by atoms with van der Waals surface area (Å²) in [5, 5.41) is 32.1.